The van der Waals surface area contributed by atoms with Gasteiger partial charge in [0.15, 0.2) is 5.11 Å². The van der Waals surface area contributed by atoms with Gasteiger partial charge in [-0.3, -0.25) is 0 Å². The lowest BCUT2D eigenvalue weighted by atomic mass is 10.1. The fourth-order valence-electron chi connectivity index (χ4n) is 2.12. The second-order valence-corrected chi connectivity index (χ2v) is 5.08. The highest BCUT2D eigenvalue weighted by molar-refractivity contribution is 7.80. The molecule has 2 rings (SSSR count). The molecule has 0 aliphatic carbocycles. The Bertz CT molecular complexity index is 629. The molecule has 22 heavy (non-hydrogen) atoms. The van der Waals surface area contributed by atoms with E-state index in [2.05, 4.69) is 5.32 Å². The molecule has 0 fully saturated rings. The molecule has 0 aliphatic rings. The molecule has 5 heteroatoms. The van der Waals surface area contributed by atoms with Crippen molar-refractivity contribution in [2.75, 3.05) is 18.6 Å². The van der Waals surface area contributed by atoms with E-state index < -0.39 is 0 Å². The molecular weight excluding hydrogens is 296 g/mol. The van der Waals surface area contributed by atoms with Gasteiger partial charge in [-0.05, 0) is 49.5 Å². The van der Waals surface area contributed by atoms with Crippen molar-refractivity contribution in [1.82, 2.24) is 5.32 Å². The lowest BCUT2D eigenvalue weighted by Gasteiger charge is -2.25. The van der Waals surface area contributed by atoms with E-state index in [0.717, 1.165) is 17.0 Å². The van der Waals surface area contributed by atoms with E-state index in [4.69, 9.17) is 17.0 Å². The van der Waals surface area contributed by atoms with Crippen LogP contribution >= 0.6 is 12.2 Å². The van der Waals surface area contributed by atoms with Crippen LogP contribution in [0, 0.1) is 0 Å². The second-order valence-electron chi connectivity index (χ2n) is 4.70. The normalized spacial score (nSPS) is 10.1. The monoisotopic (exact) mass is 316 g/mol. The van der Waals surface area contributed by atoms with Gasteiger partial charge < -0.3 is 20.1 Å². The standard InChI is InChI=1S/C17H20N2O2S/c1-3-21-15-10-8-14(9-11-15)19(17(22)18-2)12-13-6-4-5-7-16(13)20/h4-11,20H,3,12H2,1-2H3,(H,18,22). The molecule has 0 saturated carbocycles. The number of nitrogens with one attached hydrogen (secondary N) is 1. The summed E-state index contributed by atoms with van der Waals surface area (Å²) in [5.41, 5.74) is 1.75. The molecule has 0 unspecified atom stereocenters. The van der Waals surface area contributed by atoms with E-state index >= 15 is 0 Å². The summed E-state index contributed by atoms with van der Waals surface area (Å²) in [6, 6.07) is 15.0. The number of nitrogens with zero attached hydrogens (tertiary/aromatic N) is 1. The number of hydrogen-bond donors (Lipinski definition) is 2. The molecule has 2 aromatic rings. The third-order valence-corrected chi connectivity index (χ3v) is 3.66. The smallest absolute Gasteiger partial charge is 0.173 e. The number of thiocarbonyl (C=S) groups is 1. The molecule has 2 N–H and O–H groups in total. The minimum Gasteiger partial charge on any atom is -0.508 e. The molecule has 0 amide bonds. The van der Waals surface area contributed by atoms with Crippen LogP contribution in [-0.2, 0) is 6.54 Å². The average molecular weight is 316 g/mol. The van der Waals surface area contributed by atoms with Crippen molar-refractivity contribution >= 4 is 23.0 Å². The number of phenolic OH excluding ortho intramolecular Hbond substituents is 1. The topological polar surface area (TPSA) is 44.7 Å². The number of rotatable bonds is 5. The van der Waals surface area contributed by atoms with E-state index in [-0.39, 0.29) is 5.75 Å². The van der Waals surface area contributed by atoms with Crippen LogP contribution < -0.4 is 15.0 Å². The van der Waals surface area contributed by atoms with Crippen molar-refractivity contribution in [3.05, 3.63) is 54.1 Å². The van der Waals surface area contributed by atoms with Crippen LogP contribution in [-0.4, -0.2) is 23.9 Å². The molecule has 0 bridgehead atoms. The van der Waals surface area contributed by atoms with Gasteiger partial charge in [-0.2, -0.15) is 0 Å². The van der Waals surface area contributed by atoms with Crippen LogP contribution in [0.4, 0.5) is 5.69 Å². The summed E-state index contributed by atoms with van der Waals surface area (Å²) in [6.45, 7) is 3.07. The zero-order valence-electron chi connectivity index (χ0n) is 12.7. The molecule has 0 saturated heterocycles. The average Bonchev–Trinajstić information content (AvgIpc) is 2.55. The molecule has 0 radical (unpaired) electrons. The van der Waals surface area contributed by atoms with E-state index in [9.17, 15) is 5.11 Å². The first kappa shape index (κ1) is 16.1. The van der Waals surface area contributed by atoms with E-state index in [1.54, 1.807) is 19.2 Å². The predicted molar refractivity (Wildman–Crippen MR) is 93.6 cm³/mol. The Kier molecular flexibility index (Phi) is 5.61. The zero-order valence-corrected chi connectivity index (χ0v) is 13.6. The summed E-state index contributed by atoms with van der Waals surface area (Å²) in [4.78, 5) is 1.93. The SMILES string of the molecule is CCOc1ccc(N(Cc2ccccc2O)C(=S)NC)cc1. The van der Waals surface area contributed by atoms with Gasteiger partial charge in [-0.25, -0.2) is 0 Å². The van der Waals surface area contributed by atoms with Crippen molar-refractivity contribution in [3.8, 4) is 11.5 Å². The Hall–Kier alpha value is -2.27. The summed E-state index contributed by atoms with van der Waals surface area (Å²) in [6.07, 6.45) is 0. The van der Waals surface area contributed by atoms with Gasteiger partial charge in [0.05, 0.1) is 13.2 Å². The molecule has 0 aromatic heterocycles. The highest BCUT2D eigenvalue weighted by Gasteiger charge is 2.13. The summed E-state index contributed by atoms with van der Waals surface area (Å²) < 4.78 is 5.46. The first-order valence-electron chi connectivity index (χ1n) is 7.14. The van der Waals surface area contributed by atoms with Crippen molar-refractivity contribution < 1.29 is 9.84 Å². The van der Waals surface area contributed by atoms with E-state index in [1.165, 1.54) is 0 Å². The maximum atomic E-state index is 9.96. The quantitative estimate of drug-likeness (QED) is 0.829. The number of ether oxygens (including phenoxy) is 1. The van der Waals surface area contributed by atoms with Gasteiger partial charge in [-0.15, -0.1) is 0 Å². The van der Waals surface area contributed by atoms with Crippen molar-refractivity contribution in [1.29, 1.82) is 0 Å². The van der Waals surface area contributed by atoms with E-state index in [1.807, 2.05) is 48.2 Å². The van der Waals surface area contributed by atoms with Gasteiger partial charge in [-0.1, -0.05) is 18.2 Å². The van der Waals surface area contributed by atoms with Crippen molar-refractivity contribution in [3.63, 3.8) is 0 Å². The van der Waals surface area contributed by atoms with Crippen LogP contribution in [0.1, 0.15) is 12.5 Å². The predicted octanol–water partition coefficient (Wildman–Crippen LogP) is 3.30. The summed E-state index contributed by atoms with van der Waals surface area (Å²) in [7, 11) is 1.79. The Balaban J connectivity index is 2.26. The molecule has 2 aromatic carbocycles. The fourth-order valence-corrected chi connectivity index (χ4v) is 2.29. The van der Waals surface area contributed by atoms with Gasteiger partial charge in [0.1, 0.15) is 11.5 Å². The number of para-hydroxylation sites is 1. The number of benzene rings is 2. The molecule has 116 valence electrons. The molecule has 4 nitrogen and oxygen atoms in total. The van der Waals surface area contributed by atoms with Crippen molar-refractivity contribution in [2.45, 2.75) is 13.5 Å². The Labute approximate surface area is 136 Å². The fraction of sp³-hybridized carbons (Fsp3) is 0.235. The van der Waals surface area contributed by atoms with Crippen molar-refractivity contribution in [2.24, 2.45) is 0 Å². The first-order chi connectivity index (χ1) is 10.7. The summed E-state index contributed by atoms with van der Waals surface area (Å²) in [5.74, 6) is 1.08. The summed E-state index contributed by atoms with van der Waals surface area (Å²) >= 11 is 5.39. The van der Waals surface area contributed by atoms with Gasteiger partial charge in [0.2, 0.25) is 0 Å². The second kappa shape index (κ2) is 7.66. The molecule has 0 aliphatic heterocycles. The molecule has 0 spiro atoms. The largest absolute Gasteiger partial charge is 0.508 e. The Morgan fingerprint density at radius 2 is 1.86 bits per heavy atom. The van der Waals surface area contributed by atoms with Gasteiger partial charge >= 0.3 is 0 Å². The number of hydrogen-bond acceptors (Lipinski definition) is 3. The first-order valence-corrected chi connectivity index (χ1v) is 7.55. The minimum absolute atomic E-state index is 0.261. The molecular formula is C17H20N2O2S. The summed E-state index contributed by atoms with van der Waals surface area (Å²) in [5, 5.41) is 13.5. The molecule has 0 atom stereocenters. The Morgan fingerprint density at radius 3 is 2.45 bits per heavy atom. The van der Waals surface area contributed by atoms with E-state index in [0.29, 0.717) is 18.3 Å². The van der Waals surface area contributed by atoms with Crippen LogP contribution in [0.5, 0.6) is 11.5 Å². The van der Waals surface area contributed by atoms with Crippen LogP contribution in [0.3, 0.4) is 0 Å². The number of anilines is 1. The lowest BCUT2D eigenvalue weighted by Crippen LogP contribution is -2.37. The minimum atomic E-state index is 0.261. The third-order valence-electron chi connectivity index (χ3n) is 3.24. The van der Waals surface area contributed by atoms with Crippen LogP contribution in [0.25, 0.3) is 0 Å². The highest BCUT2D eigenvalue weighted by Crippen LogP contribution is 2.24. The highest BCUT2D eigenvalue weighted by atomic mass is 32.1. The van der Waals surface area contributed by atoms with Gasteiger partial charge in [0.25, 0.3) is 0 Å². The lowest BCUT2D eigenvalue weighted by molar-refractivity contribution is 0.340. The van der Waals surface area contributed by atoms with Crippen LogP contribution in [0.15, 0.2) is 48.5 Å². The maximum absolute atomic E-state index is 9.96. The Morgan fingerprint density at radius 1 is 1.18 bits per heavy atom. The zero-order chi connectivity index (χ0) is 15.9. The van der Waals surface area contributed by atoms with Crippen LogP contribution in [0.2, 0.25) is 0 Å². The van der Waals surface area contributed by atoms with Gasteiger partial charge in [0, 0.05) is 18.3 Å². The number of aromatic hydroxyl groups is 1. The third kappa shape index (κ3) is 3.89. The number of phenols is 1. The maximum Gasteiger partial charge on any atom is 0.173 e. The molecule has 0 heterocycles.